The summed E-state index contributed by atoms with van der Waals surface area (Å²) in [5.74, 6) is -1.16. The lowest BCUT2D eigenvalue weighted by atomic mass is 10.2. The second-order valence-corrected chi connectivity index (χ2v) is 7.29. The molecular formula is C12H13ClF3NO3S. The molecule has 1 amide bonds. The maximum atomic E-state index is 12.6. The summed E-state index contributed by atoms with van der Waals surface area (Å²) >= 11 is 5.70. The van der Waals surface area contributed by atoms with Crippen molar-refractivity contribution >= 4 is 33.0 Å². The molecule has 0 aliphatic carbocycles. The number of carbonyl (C=O) groups is 1. The number of carbonyl (C=O) groups excluding carboxylic acids is 1. The van der Waals surface area contributed by atoms with Gasteiger partial charge in [0, 0.05) is 17.0 Å². The maximum Gasteiger partial charge on any atom is 0.406 e. The minimum Gasteiger partial charge on any atom is -0.302 e. The van der Waals surface area contributed by atoms with Gasteiger partial charge in [-0.25, -0.2) is 8.42 Å². The zero-order valence-electron chi connectivity index (χ0n) is 11.2. The first-order chi connectivity index (χ1) is 9.42. The van der Waals surface area contributed by atoms with Crippen LogP contribution in [-0.4, -0.2) is 38.6 Å². The molecule has 0 aliphatic rings. The molecule has 0 fully saturated rings. The SMILES string of the molecule is CC(C(=O)N(CC(F)(F)F)c1cccc(Cl)c1)S(C)(=O)=O. The smallest absolute Gasteiger partial charge is 0.302 e. The molecule has 1 rings (SSSR count). The predicted molar refractivity (Wildman–Crippen MR) is 74.2 cm³/mol. The lowest BCUT2D eigenvalue weighted by Crippen LogP contribution is -2.45. The van der Waals surface area contributed by atoms with Crippen molar-refractivity contribution in [3.63, 3.8) is 0 Å². The molecule has 0 spiro atoms. The number of nitrogens with zero attached hydrogens (tertiary/aromatic N) is 1. The molecule has 9 heteroatoms. The van der Waals surface area contributed by atoms with Gasteiger partial charge in [-0.05, 0) is 25.1 Å². The molecule has 0 saturated heterocycles. The van der Waals surface area contributed by atoms with Gasteiger partial charge in [-0.2, -0.15) is 13.2 Å². The van der Waals surface area contributed by atoms with Gasteiger partial charge in [-0.3, -0.25) is 4.79 Å². The van der Waals surface area contributed by atoms with Crippen LogP contribution in [0.15, 0.2) is 24.3 Å². The second-order valence-electron chi connectivity index (χ2n) is 4.49. The van der Waals surface area contributed by atoms with Crippen molar-refractivity contribution in [1.29, 1.82) is 0 Å². The van der Waals surface area contributed by atoms with E-state index in [9.17, 15) is 26.4 Å². The highest BCUT2D eigenvalue weighted by molar-refractivity contribution is 7.92. The summed E-state index contributed by atoms with van der Waals surface area (Å²) in [7, 11) is -3.81. The summed E-state index contributed by atoms with van der Waals surface area (Å²) in [6.45, 7) is -0.544. The average Bonchev–Trinajstić information content (AvgIpc) is 2.32. The number of alkyl halides is 3. The predicted octanol–water partition coefficient (Wildman–Crippen LogP) is 2.67. The summed E-state index contributed by atoms with van der Waals surface area (Å²) in [6.07, 6.45) is -3.88. The quantitative estimate of drug-likeness (QED) is 0.844. The van der Waals surface area contributed by atoms with Crippen LogP contribution in [-0.2, 0) is 14.6 Å². The van der Waals surface area contributed by atoms with Crippen LogP contribution in [0, 0.1) is 0 Å². The van der Waals surface area contributed by atoms with Crippen LogP contribution in [0.3, 0.4) is 0 Å². The van der Waals surface area contributed by atoms with E-state index in [1.165, 1.54) is 24.3 Å². The minimum absolute atomic E-state index is 0.111. The van der Waals surface area contributed by atoms with E-state index in [-0.39, 0.29) is 10.7 Å². The fourth-order valence-electron chi connectivity index (χ4n) is 1.52. The molecule has 1 atom stereocenters. The molecule has 1 aromatic carbocycles. The van der Waals surface area contributed by atoms with E-state index in [4.69, 9.17) is 11.6 Å². The van der Waals surface area contributed by atoms with Crippen LogP contribution in [0.2, 0.25) is 5.02 Å². The molecule has 0 bridgehead atoms. The van der Waals surface area contributed by atoms with Gasteiger partial charge >= 0.3 is 6.18 Å². The fourth-order valence-corrected chi connectivity index (χ4v) is 2.20. The Morgan fingerprint density at radius 2 is 1.95 bits per heavy atom. The van der Waals surface area contributed by atoms with Crippen LogP contribution < -0.4 is 4.90 Å². The van der Waals surface area contributed by atoms with Crippen LogP contribution in [0.5, 0.6) is 0 Å². The van der Waals surface area contributed by atoms with Gasteiger partial charge in [0.05, 0.1) is 0 Å². The van der Waals surface area contributed by atoms with E-state index >= 15 is 0 Å². The Bertz CT molecular complexity index is 631. The first-order valence-electron chi connectivity index (χ1n) is 5.74. The van der Waals surface area contributed by atoms with Crippen LogP contribution in [0.1, 0.15) is 6.92 Å². The molecule has 118 valence electrons. The standard InChI is InChI=1S/C12H13ClF3NO3S/c1-8(21(2,19)20)11(18)17(7-12(14,15)16)10-5-3-4-9(13)6-10/h3-6,8H,7H2,1-2H3. The molecule has 0 N–H and O–H groups in total. The Balaban J connectivity index is 3.23. The number of hydrogen-bond acceptors (Lipinski definition) is 3. The summed E-state index contributed by atoms with van der Waals surface area (Å²) in [5.41, 5.74) is -0.111. The Labute approximate surface area is 125 Å². The van der Waals surface area contributed by atoms with Crippen molar-refractivity contribution in [2.24, 2.45) is 0 Å². The van der Waals surface area contributed by atoms with E-state index in [0.29, 0.717) is 4.90 Å². The molecule has 0 aromatic heterocycles. The Morgan fingerprint density at radius 3 is 2.38 bits per heavy atom. The monoisotopic (exact) mass is 343 g/mol. The van der Waals surface area contributed by atoms with Gasteiger partial charge < -0.3 is 4.90 Å². The topological polar surface area (TPSA) is 54.5 Å². The van der Waals surface area contributed by atoms with Crippen molar-refractivity contribution in [3.8, 4) is 0 Å². The molecule has 1 aromatic rings. The van der Waals surface area contributed by atoms with E-state index < -0.39 is 33.7 Å². The lowest BCUT2D eigenvalue weighted by molar-refractivity contribution is -0.132. The number of halogens is 4. The van der Waals surface area contributed by atoms with Crippen molar-refractivity contribution in [3.05, 3.63) is 29.3 Å². The zero-order chi connectivity index (χ0) is 16.4. The third kappa shape index (κ3) is 5.20. The molecule has 1 unspecified atom stereocenters. The summed E-state index contributed by atoms with van der Waals surface area (Å²) in [6, 6.07) is 5.23. The highest BCUT2D eigenvalue weighted by Gasteiger charge is 2.37. The van der Waals surface area contributed by atoms with Crippen molar-refractivity contribution in [2.45, 2.75) is 18.3 Å². The van der Waals surface area contributed by atoms with Crippen molar-refractivity contribution in [2.75, 3.05) is 17.7 Å². The molecule has 21 heavy (non-hydrogen) atoms. The molecule has 0 saturated carbocycles. The largest absolute Gasteiger partial charge is 0.406 e. The highest BCUT2D eigenvalue weighted by atomic mass is 35.5. The summed E-state index contributed by atoms with van der Waals surface area (Å²) in [4.78, 5) is 12.5. The Kier molecular flexibility index (Phi) is 5.27. The van der Waals surface area contributed by atoms with E-state index in [2.05, 4.69) is 0 Å². The second kappa shape index (κ2) is 6.23. The van der Waals surface area contributed by atoms with Crippen LogP contribution in [0.4, 0.5) is 18.9 Å². The van der Waals surface area contributed by atoms with Gasteiger partial charge in [0.1, 0.15) is 11.8 Å². The molecule has 0 heterocycles. The van der Waals surface area contributed by atoms with Gasteiger partial charge in [0.15, 0.2) is 9.84 Å². The normalized spacial score (nSPS) is 13.8. The summed E-state index contributed by atoms with van der Waals surface area (Å²) in [5, 5.41) is -1.45. The minimum atomic E-state index is -4.67. The molecule has 0 radical (unpaired) electrons. The first kappa shape index (κ1) is 17.8. The number of hydrogen-bond donors (Lipinski definition) is 0. The number of rotatable bonds is 4. The van der Waals surface area contributed by atoms with Gasteiger partial charge in [0.25, 0.3) is 0 Å². The Morgan fingerprint density at radius 1 is 1.38 bits per heavy atom. The van der Waals surface area contributed by atoms with Gasteiger partial charge in [-0.1, -0.05) is 17.7 Å². The lowest BCUT2D eigenvalue weighted by Gasteiger charge is -2.26. The van der Waals surface area contributed by atoms with E-state index in [1.54, 1.807) is 0 Å². The van der Waals surface area contributed by atoms with E-state index in [1.807, 2.05) is 0 Å². The maximum absolute atomic E-state index is 12.6. The van der Waals surface area contributed by atoms with Crippen molar-refractivity contribution in [1.82, 2.24) is 0 Å². The Hall–Kier alpha value is -1.28. The van der Waals surface area contributed by atoms with Gasteiger partial charge in [-0.15, -0.1) is 0 Å². The van der Waals surface area contributed by atoms with Crippen LogP contribution in [0.25, 0.3) is 0 Å². The van der Waals surface area contributed by atoms with E-state index in [0.717, 1.165) is 13.2 Å². The van der Waals surface area contributed by atoms with Crippen molar-refractivity contribution < 1.29 is 26.4 Å². The number of amides is 1. The number of sulfone groups is 1. The molecule has 0 aliphatic heterocycles. The highest BCUT2D eigenvalue weighted by Crippen LogP contribution is 2.26. The number of anilines is 1. The average molecular weight is 344 g/mol. The molecule has 4 nitrogen and oxygen atoms in total. The fraction of sp³-hybridized carbons (Fsp3) is 0.417. The van der Waals surface area contributed by atoms with Crippen LogP contribution >= 0.6 is 11.6 Å². The molecular weight excluding hydrogens is 331 g/mol. The van der Waals surface area contributed by atoms with Gasteiger partial charge in [0.2, 0.25) is 5.91 Å². The third-order valence-electron chi connectivity index (χ3n) is 2.71. The first-order valence-corrected chi connectivity index (χ1v) is 8.07. The zero-order valence-corrected chi connectivity index (χ0v) is 12.8. The summed E-state index contributed by atoms with van der Waals surface area (Å²) < 4.78 is 60.7. The number of benzene rings is 1. The third-order valence-corrected chi connectivity index (χ3v) is 4.43.